The van der Waals surface area contributed by atoms with Gasteiger partial charge in [0.1, 0.15) is 10.7 Å². The van der Waals surface area contributed by atoms with Crippen molar-refractivity contribution in [3.8, 4) is 0 Å². The fourth-order valence-corrected chi connectivity index (χ4v) is 2.87. The molecule has 3 N–H and O–H groups in total. The zero-order chi connectivity index (χ0) is 16.0. The van der Waals surface area contributed by atoms with Crippen molar-refractivity contribution in [1.82, 2.24) is 4.72 Å². The largest absolute Gasteiger partial charge is 0.398 e. The van der Waals surface area contributed by atoms with Crippen LogP contribution in [0.15, 0.2) is 17.0 Å². The van der Waals surface area contributed by atoms with Gasteiger partial charge in [0.25, 0.3) is 0 Å². The number of hydrogen-bond acceptors (Lipinski definition) is 4. The molecule has 0 fully saturated rings. The second-order valence-corrected chi connectivity index (χ2v) is 6.90. The van der Waals surface area contributed by atoms with Crippen LogP contribution in [0, 0.1) is 12.7 Å². The number of ether oxygens (including phenoxy) is 1. The third-order valence-corrected chi connectivity index (χ3v) is 4.40. The summed E-state index contributed by atoms with van der Waals surface area (Å²) < 4.78 is 45.5. The van der Waals surface area contributed by atoms with Crippen molar-refractivity contribution in [2.45, 2.75) is 44.6 Å². The van der Waals surface area contributed by atoms with Crippen molar-refractivity contribution in [3.05, 3.63) is 23.5 Å². The van der Waals surface area contributed by atoms with Gasteiger partial charge in [0.05, 0.1) is 6.10 Å². The van der Waals surface area contributed by atoms with E-state index in [1.54, 1.807) is 6.92 Å². The monoisotopic (exact) mass is 318 g/mol. The SMILES string of the molecule is Cc1cc(F)c(S(=O)(=O)NCCCCOC(C)C)cc1N. The Kier molecular flexibility index (Phi) is 6.57. The first-order valence-corrected chi connectivity index (χ1v) is 8.39. The molecule has 0 saturated carbocycles. The van der Waals surface area contributed by atoms with Crippen molar-refractivity contribution in [3.63, 3.8) is 0 Å². The molecular weight excluding hydrogens is 295 g/mol. The van der Waals surface area contributed by atoms with Crippen LogP contribution in [-0.4, -0.2) is 27.7 Å². The molecule has 21 heavy (non-hydrogen) atoms. The van der Waals surface area contributed by atoms with Crippen LogP contribution in [0.1, 0.15) is 32.3 Å². The summed E-state index contributed by atoms with van der Waals surface area (Å²) in [5.74, 6) is -0.794. The van der Waals surface area contributed by atoms with Crippen LogP contribution in [0.4, 0.5) is 10.1 Å². The molecule has 1 aromatic carbocycles. The molecule has 0 bridgehead atoms. The van der Waals surface area contributed by atoms with Crippen LogP contribution in [0.3, 0.4) is 0 Å². The predicted molar refractivity (Wildman–Crippen MR) is 81.1 cm³/mol. The number of anilines is 1. The summed E-state index contributed by atoms with van der Waals surface area (Å²) in [7, 11) is -3.88. The summed E-state index contributed by atoms with van der Waals surface area (Å²) in [5, 5.41) is 0. The molecular formula is C14H23FN2O3S. The Bertz CT molecular complexity index is 574. The summed E-state index contributed by atoms with van der Waals surface area (Å²) in [6.45, 7) is 6.31. The molecule has 0 aromatic heterocycles. The maximum Gasteiger partial charge on any atom is 0.243 e. The van der Waals surface area contributed by atoms with Gasteiger partial charge in [-0.15, -0.1) is 0 Å². The molecule has 0 saturated heterocycles. The maximum atomic E-state index is 13.8. The summed E-state index contributed by atoms with van der Waals surface area (Å²) >= 11 is 0. The van der Waals surface area contributed by atoms with Crippen molar-refractivity contribution in [2.75, 3.05) is 18.9 Å². The Labute approximate surface area is 125 Å². The quantitative estimate of drug-likeness (QED) is 0.569. The molecule has 120 valence electrons. The fraction of sp³-hybridized carbons (Fsp3) is 0.571. The number of hydrogen-bond donors (Lipinski definition) is 2. The number of benzene rings is 1. The number of unbranched alkanes of at least 4 members (excludes halogenated alkanes) is 1. The molecule has 0 aliphatic heterocycles. The highest BCUT2D eigenvalue weighted by Crippen LogP contribution is 2.21. The molecule has 0 radical (unpaired) electrons. The van der Waals surface area contributed by atoms with Crippen molar-refractivity contribution in [1.29, 1.82) is 0 Å². The van der Waals surface area contributed by atoms with Gasteiger partial charge in [-0.3, -0.25) is 0 Å². The highest BCUT2D eigenvalue weighted by Gasteiger charge is 2.19. The second kappa shape index (κ2) is 7.72. The number of nitrogens with one attached hydrogen (secondary N) is 1. The Morgan fingerprint density at radius 2 is 2.00 bits per heavy atom. The standard InChI is InChI=1S/C14H23FN2O3S/c1-10(2)20-7-5-4-6-17-21(18,19)14-9-13(16)11(3)8-12(14)15/h8-10,17H,4-7,16H2,1-3H3. The van der Waals surface area contributed by atoms with Crippen LogP contribution in [-0.2, 0) is 14.8 Å². The van der Waals surface area contributed by atoms with Crippen LogP contribution in [0.25, 0.3) is 0 Å². The highest BCUT2D eigenvalue weighted by molar-refractivity contribution is 7.89. The minimum absolute atomic E-state index is 0.159. The van der Waals surface area contributed by atoms with Gasteiger partial charge in [0.2, 0.25) is 10.0 Å². The average molecular weight is 318 g/mol. The van der Waals surface area contributed by atoms with Crippen LogP contribution >= 0.6 is 0 Å². The lowest BCUT2D eigenvalue weighted by atomic mass is 10.2. The Balaban J connectivity index is 2.56. The second-order valence-electron chi connectivity index (χ2n) is 5.16. The van der Waals surface area contributed by atoms with Crippen molar-refractivity contribution >= 4 is 15.7 Å². The summed E-state index contributed by atoms with van der Waals surface area (Å²) in [6.07, 6.45) is 1.51. The molecule has 0 unspecified atom stereocenters. The smallest absolute Gasteiger partial charge is 0.243 e. The maximum absolute atomic E-state index is 13.8. The van der Waals surface area contributed by atoms with Crippen molar-refractivity contribution < 1.29 is 17.5 Å². The van der Waals surface area contributed by atoms with E-state index >= 15 is 0 Å². The molecule has 0 amide bonds. The van der Waals surface area contributed by atoms with Gasteiger partial charge in [-0.05, 0) is 51.3 Å². The number of nitrogens with two attached hydrogens (primary N) is 1. The third kappa shape index (κ3) is 5.61. The van der Waals surface area contributed by atoms with E-state index in [2.05, 4.69) is 4.72 Å². The Morgan fingerprint density at radius 3 is 2.62 bits per heavy atom. The zero-order valence-corrected chi connectivity index (χ0v) is 13.5. The van der Waals surface area contributed by atoms with Gasteiger partial charge < -0.3 is 10.5 Å². The lowest BCUT2D eigenvalue weighted by Crippen LogP contribution is -2.26. The first-order valence-electron chi connectivity index (χ1n) is 6.91. The Morgan fingerprint density at radius 1 is 1.33 bits per heavy atom. The normalized spacial score (nSPS) is 12.0. The zero-order valence-electron chi connectivity index (χ0n) is 12.6. The minimum atomic E-state index is -3.88. The van der Waals surface area contributed by atoms with Gasteiger partial charge in [-0.25, -0.2) is 17.5 Å². The van der Waals surface area contributed by atoms with Gasteiger partial charge >= 0.3 is 0 Å². The van der Waals surface area contributed by atoms with Crippen LogP contribution in [0.5, 0.6) is 0 Å². The lowest BCUT2D eigenvalue weighted by Gasteiger charge is -2.10. The molecule has 0 heterocycles. The van der Waals surface area contributed by atoms with Crippen molar-refractivity contribution in [2.24, 2.45) is 0 Å². The molecule has 0 aliphatic carbocycles. The van der Waals surface area contributed by atoms with E-state index in [9.17, 15) is 12.8 Å². The first-order chi connectivity index (χ1) is 9.74. The van der Waals surface area contributed by atoms with Gasteiger partial charge in [0, 0.05) is 18.8 Å². The molecule has 1 aromatic rings. The number of aryl methyl sites for hydroxylation is 1. The molecule has 1 rings (SSSR count). The van der Waals surface area contributed by atoms with Gasteiger partial charge in [0.15, 0.2) is 0 Å². The van der Waals surface area contributed by atoms with E-state index in [-0.39, 0.29) is 18.3 Å². The van der Waals surface area contributed by atoms with Gasteiger partial charge in [-0.1, -0.05) is 0 Å². The summed E-state index contributed by atoms with van der Waals surface area (Å²) in [6, 6.07) is 2.27. The lowest BCUT2D eigenvalue weighted by molar-refractivity contribution is 0.0762. The van der Waals surface area contributed by atoms with Crippen LogP contribution in [0.2, 0.25) is 0 Å². The average Bonchev–Trinajstić information content (AvgIpc) is 2.37. The predicted octanol–water partition coefficient (Wildman–Crippen LogP) is 2.20. The fourth-order valence-electron chi connectivity index (χ4n) is 1.70. The number of rotatable bonds is 8. The Hall–Kier alpha value is -1.18. The number of nitrogen functional groups attached to an aromatic ring is 1. The molecule has 0 spiro atoms. The van der Waals surface area contributed by atoms with E-state index in [4.69, 9.17) is 10.5 Å². The van der Waals surface area contributed by atoms with E-state index in [0.29, 0.717) is 18.6 Å². The van der Waals surface area contributed by atoms with E-state index < -0.39 is 20.7 Å². The number of halogens is 1. The number of sulfonamides is 1. The minimum Gasteiger partial charge on any atom is -0.398 e. The van der Waals surface area contributed by atoms with E-state index in [1.165, 1.54) is 0 Å². The molecule has 0 atom stereocenters. The highest BCUT2D eigenvalue weighted by atomic mass is 32.2. The van der Waals surface area contributed by atoms with Gasteiger partial charge in [-0.2, -0.15) is 0 Å². The summed E-state index contributed by atoms with van der Waals surface area (Å²) in [4.78, 5) is -0.413. The molecule has 5 nitrogen and oxygen atoms in total. The summed E-state index contributed by atoms with van der Waals surface area (Å²) in [5.41, 5.74) is 6.40. The first kappa shape index (κ1) is 17.9. The third-order valence-electron chi connectivity index (χ3n) is 2.92. The topological polar surface area (TPSA) is 81.4 Å². The van der Waals surface area contributed by atoms with E-state index in [0.717, 1.165) is 18.6 Å². The molecule has 7 heteroatoms. The van der Waals surface area contributed by atoms with Crippen LogP contribution < -0.4 is 10.5 Å². The molecule has 0 aliphatic rings. The van der Waals surface area contributed by atoms with E-state index in [1.807, 2.05) is 13.8 Å².